The van der Waals surface area contributed by atoms with E-state index in [1.807, 2.05) is 12.1 Å². The van der Waals surface area contributed by atoms with E-state index in [2.05, 4.69) is 17.6 Å². The van der Waals surface area contributed by atoms with Crippen LogP contribution in [0, 0.1) is 11.8 Å². The van der Waals surface area contributed by atoms with Gasteiger partial charge in [0.25, 0.3) is 0 Å². The number of alkyl halides is 1. The van der Waals surface area contributed by atoms with Gasteiger partial charge in [-0.25, -0.2) is 4.98 Å². The molecule has 3 nitrogen and oxygen atoms in total. The molecule has 0 amide bonds. The fourth-order valence-corrected chi connectivity index (χ4v) is 2.82. The van der Waals surface area contributed by atoms with Gasteiger partial charge in [0.2, 0.25) is 0 Å². The summed E-state index contributed by atoms with van der Waals surface area (Å²) in [4.78, 5) is 4.71. The third-order valence-electron chi connectivity index (χ3n) is 4.05. The standard InChI is InChI=1S/C15H19ClN2O/c1-10-7-11(10)9-18-14-8-12(19-2)3-4-13(14)17-15(18)5-6-16/h3-4,8,10-11H,5-7,9H2,1-2H3. The Kier molecular flexibility index (Phi) is 3.40. The van der Waals surface area contributed by atoms with Crippen LogP contribution in [-0.4, -0.2) is 22.5 Å². The molecular weight excluding hydrogens is 260 g/mol. The lowest BCUT2D eigenvalue weighted by Gasteiger charge is -2.08. The molecule has 2 unspecified atom stereocenters. The Balaban J connectivity index is 2.04. The van der Waals surface area contributed by atoms with E-state index in [4.69, 9.17) is 21.3 Å². The molecule has 4 heteroatoms. The van der Waals surface area contributed by atoms with Gasteiger partial charge >= 0.3 is 0 Å². The first-order valence-corrected chi connectivity index (χ1v) is 7.35. The van der Waals surface area contributed by atoms with Crippen LogP contribution in [-0.2, 0) is 13.0 Å². The molecule has 0 radical (unpaired) electrons. The molecule has 0 spiro atoms. The van der Waals surface area contributed by atoms with Gasteiger partial charge in [-0.2, -0.15) is 0 Å². The molecule has 1 aliphatic carbocycles. The minimum atomic E-state index is 0.612. The molecule has 0 saturated heterocycles. The van der Waals surface area contributed by atoms with E-state index < -0.39 is 0 Å². The second kappa shape index (κ2) is 5.04. The molecular formula is C15H19ClN2O. The van der Waals surface area contributed by atoms with Crippen molar-refractivity contribution in [1.82, 2.24) is 9.55 Å². The third-order valence-corrected chi connectivity index (χ3v) is 4.23. The average Bonchev–Trinajstić information content (AvgIpc) is 3.00. The van der Waals surface area contributed by atoms with Crippen LogP contribution in [0.3, 0.4) is 0 Å². The van der Waals surface area contributed by atoms with E-state index in [-0.39, 0.29) is 0 Å². The molecule has 0 aliphatic heterocycles. The first-order valence-electron chi connectivity index (χ1n) is 6.82. The van der Waals surface area contributed by atoms with E-state index >= 15 is 0 Å². The van der Waals surface area contributed by atoms with Crippen molar-refractivity contribution in [2.45, 2.75) is 26.3 Å². The van der Waals surface area contributed by atoms with Crippen LogP contribution in [0.1, 0.15) is 19.2 Å². The molecule has 1 aliphatic rings. The predicted molar refractivity (Wildman–Crippen MR) is 78.0 cm³/mol. The number of fused-ring (bicyclic) bond motifs is 1. The summed E-state index contributed by atoms with van der Waals surface area (Å²) in [6.07, 6.45) is 2.14. The summed E-state index contributed by atoms with van der Waals surface area (Å²) in [5.41, 5.74) is 2.20. The number of hydrogen-bond donors (Lipinski definition) is 0. The summed E-state index contributed by atoms with van der Waals surface area (Å²) in [7, 11) is 1.70. The minimum Gasteiger partial charge on any atom is -0.497 e. The van der Waals surface area contributed by atoms with E-state index in [0.29, 0.717) is 5.88 Å². The quantitative estimate of drug-likeness (QED) is 0.783. The molecule has 0 N–H and O–H groups in total. The van der Waals surface area contributed by atoms with Gasteiger partial charge in [-0.05, 0) is 30.4 Å². The van der Waals surface area contributed by atoms with Crippen molar-refractivity contribution < 1.29 is 4.74 Å². The van der Waals surface area contributed by atoms with Crippen molar-refractivity contribution in [2.75, 3.05) is 13.0 Å². The first-order chi connectivity index (χ1) is 9.22. The van der Waals surface area contributed by atoms with Crippen molar-refractivity contribution in [3.63, 3.8) is 0 Å². The smallest absolute Gasteiger partial charge is 0.121 e. The molecule has 1 fully saturated rings. The van der Waals surface area contributed by atoms with Gasteiger partial charge in [-0.15, -0.1) is 11.6 Å². The molecule has 1 saturated carbocycles. The predicted octanol–water partition coefficient (Wildman–Crippen LogP) is 3.48. The van der Waals surface area contributed by atoms with Crippen LogP contribution >= 0.6 is 11.6 Å². The van der Waals surface area contributed by atoms with Crippen LogP contribution in [0.15, 0.2) is 18.2 Å². The fourth-order valence-electron chi connectivity index (χ4n) is 2.65. The highest BCUT2D eigenvalue weighted by Crippen LogP contribution is 2.40. The maximum atomic E-state index is 5.90. The number of imidazole rings is 1. The van der Waals surface area contributed by atoms with E-state index in [1.165, 1.54) is 11.9 Å². The molecule has 2 atom stereocenters. The lowest BCUT2D eigenvalue weighted by atomic mass is 10.2. The lowest BCUT2D eigenvalue weighted by Crippen LogP contribution is -2.07. The van der Waals surface area contributed by atoms with Crippen molar-refractivity contribution in [3.05, 3.63) is 24.0 Å². The zero-order chi connectivity index (χ0) is 13.4. The maximum Gasteiger partial charge on any atom is 0.121 e. The van der Waals surface area contributed by atoms with Gasteiger partial charge in [0.15, 0.2) is 0 Å². The van der Waals surface area contributed by atoms with Crippen molar-refractivity contribution >= 4 is 22.6 Å². The summed E-state index contributed by atoms with van der Waals surface area (Å²) in [6, 6.07) is 6.07. The average molecular weight is 279 g/mol. The number of nitrogens with zero attached hydrogens (tertiary/aromatic N) is 2. The normalized spacial score (nSPS) is 21.8. The Morgan fingerprint density at radius 2 is 2.26 bits per heavy atom. The van der Waals surface area contributed by atoms with Crippen LogP contribution < -0.4 is 4.74 Å². The summed E-state index contributed by atoms with van der Waals surface area (Å²) < 4.78 is 7.65. The topological polar surface area (TPSA) is 27.1 Å². The summed E-state index contributed by atoms with van der Waals surface area (Å²) in [5, 5.41) is 0. The number of halogens is 1. The van der Waals surface area contributed by atoms with Crippen LogP contribution in [0.5, 0.6) is 5.75 Å². The third kappa shape index (κ3) is 2.44. The van der Waals surface area contributed by atoms with Crippen LogP contribution in [0.2, 0.25) is 0 Å². The molecule has 19 heavy (non-hydrogen) atoms. The van der Waals surface area contributed by atoms with E-state index in [9.17, 15) is 0 Å². The van der Waals surface area contributed by atoms with Gasteiger partial charge in [-0.3, -0.25) is 0 Å². The Morgan fingerprint density at radius 1 is 1.47 bits per heavy atom. The van der Waals surface area contributed by atoms with Crippen molar-refractivity contribution in [3.8, 4) is 5.75 Å². The Morgan fingerprint density at radius 3 is 2.89 bits per heavy atom. The van der Waals surface area contributed by atoms with E-state index in [0.717, 1.165) is 41.9 Å². The maximum absolute atomic E-state index is 5.90. The number of rotatable bonds is 5. The molecule has 1 aromatic carbocycles. The van der Waals surface area contributed by atoms with Crippen molar-refractivity contribution in [2.24, 2.45) is 11.8 Å². The number of ether oxygens (including phenoxy) is 1. The number of methoxy groups -OCH3 is 1. The second-order valence-corrected chi connectivity index (χ2v) is 5.78. The molecule has 2 aromatic rings. The number of aromatic nitrogens is 2. The number of aryl methyl sites for hydroxylation is 1. The minimum absolute atomic E-state index is 0.612. The SMILES string of the molecule is COc1ccc2nc(CCCl)n(CC3CC3C)c2c1. The Labute approximate surface area is 118 Å². The Hall–Kier alpha value is -1.22. The molecule has 1 heterocycles. The van der Waals surface area contributed by atoms with Crippen molar-refractivity contribution in [1.29, 1.82) is 0 Å². The van der Waals surface area contributed by atoms with E-state index in [1.54, 1.807) is 7.11 Å². The largest absolute Gasteiger partial charge is 0.497 e. The molecule has 102 valence electrons. The molecule has 0 bridgehead atoms. The highest BCUT2D eigenvalue weighted by atomic mass is 35.5. The van der Waals surface area contributed by atoms with Gasteiger partial charge in [0.05, 0.1) is 18.1 Å². The zero-order valence-corrected chi connectivity index (χ0v) is 12.2. The number of hydrogen-bond acceptors (Lipinski definition) is 2. The first kappa shape index (κ1) is 12.8. The second-order valence-electron chi connectivity index (χ2n) is 5.41. The van der Waals surface area contributed by atoms with Gasteiger partial charge in [0, 0.05) is 24.9 Å². The Bertz CT molecular complexity index is 593. The zero-order valence-electron chi connectivity index (χ0n) is 11.4. The van der Waals surface area contributed by atoms with Gasteiger partial charge < -0.3 is 9.30 Å². The summed E-state index contributed by atoms with van der Waals surface area (Å²) >= 11 is 5.90. The highest BCUT2D eigenvalue weighted by Gasteiger charge is 2.33. The number of benzene rings is 1. The summed E-state index contributed by atoms with van der Waals surface area (Å²) in [6.45, 7) is 3.36. The lowest BCUT2D eigenvalue weighted by molar-refractivity contribution is 0.415. The monoisotopic (exact) mass is 278 g/mol. The van der Waals surface area contributed by atoms with Crippen LogP contribution in [0.25, 0.3) is 11.0 Å². The summed E-state index contributed by atoms with van der Waals surface area (Å²) in [5.74, 6) is 4.22. The van der Waals surface area contributed by atoms with Gasteiger partial charge in [-0.1, -0.05) is 6.92 Å². The fraction of sp³-hybridized carbons (Fsp3) is 0.533. The highest BCUT2D eigenvalue weighted by molar-refractivity contribution is 6.17. The van der Waals surface area contributed by atoms with Gasteiger partial charge in [0.1, 0.15) is 11.6 Å². The molecule has 3 rings (SSSR count). The van der Waals surface area contributed by atoms with Crippen LogP contribution in [0.4, 0.5) is 0 Å². The molecule has 1 aromatic heterocycles.